The molecule has 440 valence electrons. The van der Waals surface area contributed by atoms with E-state index >= 15 is 0 Å². The first-order valence-electron chi connectivity index (χ1n) is 30.3. The molecule has 6 heterocycles. The molecule has 0 atom stereocenters. The van der Waals surface area contributed by atoms with Crippen molar-refractivity contribution in [1.82, 2.24) is 4.90 Å². The summed E-state index contributed by atoms with van der Waals surface area (Å²) in [5.41, 5.74) is 11.9. The first-order chi connectivity index (χ1) is 40.9. The lowest BCUT2D eigenvalue weighted by molar-refractivity contribution is 0.103. The fourth-order valence-corrected chi connectivity index (χ4v) is 10.5. The highest BCUT2D eigenvalue weighted by atomic mass is 16.5. The summed E-state index contributed by atoms with van der Waals surface area (Å²) in [7, 11) is 2.18. The molecule has 0 amide bonds. The van der Waals surface area contributed by atoms with Gasteiger partial charge in [-0.2, -0.15) is 0 Å². The predicted molar refractivity (Wildman–Crippen MR) is 346 cm³/mol. The van der Waals surface area contributed by atoms with Crippen LogP contribution in [0.4, 0.5) is 34.1 Å². The van der Waals surface area contributed by atoms with E-state index in [4.69, 9.17) is 18.9 Å². The Morgan fingerprint density at radius 2 is 0.530 bits per heavy atom. The van der Waals surface area contributed by atoms with Crippen LogP contribution in [0.2, 0.25) is 0 Å². The fourth-order valence-electron chi connectivity index (χ4n) is 10.5. The van der Waals surface area contributed by atoms with Crippen molar-refractivity contribution < 1.29 is 23.7 Å². The van der Waals surface area contributed by atoms with Crippen molar-refractivity contribution >= 4 is 39.9 Å². The van der Waals surface area contributed by atoms with Gasteiger partial charge < -0.3 is 53.2 Å². The highest BCUT2D eigenvalue weighted by molar-refractivity contribution is 6.09. The summed E-state index contributed by atoms with van der Waals surface area (Å²) >= 11 is 0. The fraction of sp³-hybridized carbons (Fsp3) is 0.394. The summed E-state index contributed by atoms with van der Waals surface area (Å²) in [6.45, 7) is 26.0. The highest BCUT2D eigenvalue weighted by Gasteiger charge is 2.16. The average Bonchev–Trinajstić information content (AvgIpc) is 3.59. The number of ether oxygens (including phenoxy) is 4. The summed E-state index contributed by atoms with van der Waals surface area (Å²) in [5.74, 6) is 0.0686. The number of anilines is 6. The molecular formula is C71H91N7O5. The Kier molecular flexibility index (Phi) is 26.1. The highest BCUT2D eigenvalue weighted by Crippen LogP contribution is 2.22. The minimum absolute atomic E-state index is 0.0686. The van der Waals surface area contributed by atoms with E-state index in [1.54, 1.807) is 0 Å². The normalized spacial score (nSPS) is 17.2. The molecule has 0 aliphatic carbocycles. The number of morpholine rings is 4. The third-order valence-electron chi connectivity index (χ3n) is 15.6. The Balaban J connectivity index is 0.000000132. The topological polar surface area (TPSA) is 76.7 Å². The Morgan fingerprint density at radius 1 is 0.277 bits per heavy atom. The van der Waals surface area contributed by atoms with E-state index in [-0.39, 0.29) is 5.78 Å². The lowest BCUT2D eigenvalue weighted by Gasteiger charge is -2.33. The maximum atomic E-state index is 12.3. The molecule has 6 fully saturated rings. The number of ketones is 1. The number of para-hydroxylation sites is 3. The van der Waals surface area contributed by atoms with E-state index < -0.39 is 0 Å². The number of piperidine rings is 1. The van der Waals surface area contributed by atoms with Gasteiger partial charge in [0.05, 0.1) is 52.9 Å². The number of carbonyl (C=O) groups excluding carboxylic acids is 1. The van der Waals surface area contributed by atoms with Crippen molar-refractivity contribution in [1.29, 1.82) is 0 Å². The van der Waals surface area contributed by atoms with Crippen LogP contribution < -0.4 is 29.4 Å². The lowest BCUT2D eigenvalue weighted by Crippen LogP contribution is -2.44. The summed E-state index contributed by atoms with van der Waals surface area (Å²) in [6.07, 6.45) is 4.12. The van der Waals surface area contributed by atoms with Gasteiger partial charge in [0.25, 0.3) is 0 Å². The summed E-state index contributed by atoms with van der Waals surface area (Å²) in [4.78, 5) is 29.0. The first-order valence-corrected chi connectivity index (χ1v) is 30.3. The van der Waals surface area contributed by atoms with Gasteiger partial charge in [0.15, 0.2) is 5.78 Å². The molecule has 12 heteroatoms. The van der Waals surface area contributed by atoms with Gasteiger partial charge in [-0.3, -0.25) is 4.79 Å². The van der Waals surface area contributed by atoms with Crippen molar-refractivity contribution in [3.8, 4) is 0 Å². The Morgan fingerprint density at radius 3 is 0.855 bits per heavy atom. The van der Waals surface area contributed by atoms with E-state index in [0.717, 1.165) is 135 Å². The Bertz CT molecular complexity index is 2680. The van der Waals surface area contributed by atoms with Crippen molar-refractivity contribution in [2.75, 3.05) is 181 Å². The number of nitrogens with zero attached hydrogens (tertiary/aromatic N) is 7. The third-order valence-corrected chi connectivity index (χ3v) is 15.6. The number of aryl methyl sites for hydroxylation is 2. The zero-order valence-corrected chi connectivity index (χ0v) is 49.8. The molecular weight excluding hydrogens is 1030 g/mol. The van der Waals surface area contributed by atoms with Gasteiger partial charge >= 0.3 is 0 Å². The molecule has 7 aromatic carbocycles. The van der Waals surface area contributed by atoms with Gasteiger partial charge in [0.1, 0.15) is 0 Å². The van der Waals surface area contributed by atoms with E-state index in [0.29, 0.717) is 0 Å². The smallest absolute Gasteiger partial charge is 0.193 e. The predicted octanol–water partition coefficient (Wildman–Crippen LogP) is 12.1. The first kappa shape index (κ1) is 61.9. The molecule has 6 saturated heterocycles. The van der Waals surface area contributed by atoms with Crippen molar-refractivity contribution in [3.63, 3.8) is 0 Å². The van der Waals surface area contributed by atoms with Gasteiger partial charge in [-0.15, -0.1) is 0 Å². The van der Waals surface area contributed by atoms with Crippen LogP contribution in [-0.4, -0.2) is 162 Å². The van der Waals surface area contributed by atoms with Gasteiger partial charge in [-0.05, 0) is 125 Å². The number of rotatable bonds is 8. The third kappa shape index (κ3) is 21.2. The van der Waals surface area contributed by atoms with Crippen molar-refractivity contribution in [2.24, 2.45) is 0 Å². The molecule has 13 rings (SSSR count). The Labute approximate surface area is 496 Å². The molecule has 0 unspecified atom stereocenters. The van der Waals surface area contributed by atoms with E-state index in [9.17, 15) is 4.79 Å². The number of hydrogen-bond donors (Lipinski definition) is 0. The van der Waals surface area contributed by atoms with Crippen LogP contribution in [0.3, 0.4) is 0 Å². The minimum Gasteiger partial charge on any atom is -0.378 e. The van der Waals surface area contributed by atoms with E-state index in [2.05, 4.69) is 189 Å². The van der Waals surface area contributed by atoms with Crippen LogP contribution in [-0.2, 0) is 18.9 Å². The SMILES string of the molecule is CN1CCN(c2ccccc2)CC1.Cc1ccc(N2CCOCC2)cc1.Cc1ccc(N2CCOCC2)cc1.O=C(c1ccccc1)c1ccc(N2CCOCC2)cc1.c1ccc(N2CCCCC2)cc1.c1ccc(N2CCOCC2)cc1. The van der Waals surface area contributed by atoms with Crippen LogP contribution in [0.1, 0.15) is 46.3 Å². The maximum Gasteiger partial charge on any atom is 0.193 e. The molecule has 0 bridgehead atoms. The summed E-state index contributed by atoms with van der Waals surface area (Å²) in [5, 5.41) is 0. The quantitative estimate of drug-likeness (QED) is 0.136. The molecule has 7 aromatic rings. The number of likely N-dealkylation sites (N-methyl/N-ethyl adjacent to an activating group) is 1. The van der Waals surface area contributed by atoms with Crippen LogP contribution in [0.25, 0.3) is 0 Å². The standard InChI is InChI=1S/C17H17NO2.C11H16N2.2C11H15NO.C11H15N.C10H13NO/c19-17(14-4-2-1-3-5-14)15-6-8-16(9-7-15)18-10-12-20-13-11-18;1-12-7-9-13(10-8-12)11-5-3-2-4-6-11;2*1-10-2-4-11(5-3-10)12-6-8-13-9-7-12;1-3-7-11(8-4-1)12-9-5-2-6-10-12;1-2-4-10(5-3-1)11-6-8-12-9-7-11/h1-9H,10-13H2;2-6H,7-10H2,1H3;2*2-5H,6-9H2,1H3;1,3-4,7-8H,2,5-6,9-10H2;1-5H,6-9H2. The molecule has 0 radical (unpaired) electrons. The van der Waals surface area contributed by atoms with Crippen molar-refractivity contribution in [3.05, 3.63) is 216 Å². The molecule has 6 aliphatic heterocycles. The van der Waals surface area contributed by atoms with Crippen LogP contribution in [0.5, 0.6) is 0 Å². The summed E-state index contributed by atoms with van der Waals surface area (Å²) in [6, 6.07) is 66.4. The number of benzene rings is 7. The maximum absolute atomic E-state index is 12.3. The van der Waals surface area contributed by atoms with Crippen molar-refractivity contribution in [2.45, 2.75) is 33.1 Å². The van der Waals surface area contributed by atoms with E-state index in [1.165, 1.54) is 85.0 Å². The molecule has 83 heavy (non-hydrogen) atoms. The van der Waals surface area contributed by atoms with Crippen LogP contribution in [0, 0.1) is 13.8 Å². The number of carbonyl (C=O) groups is 1. The van der Waals surface area contributed by atoms with Gasteiger partial charge in [0.2, 0.25) is 0 Å². The molecule has 0 N–H and O–H groups in total. The number of piperazine rings is 1. The molecule has 0 aromatic heterocycles. The van der Waals surface area contributed by atoms with Gasteiger partial charge in [-0.25, -0.2) is 0 Å². The average molecular weight is 1120 g/mol. The molecule has 0 saturated carbocycles. The van der Waals surface area contributed by atoms with Crippen LogP contribution in [0.15, 0.2) is 194 Å². The summed E-state index contributed by atoms with van der Waals surface area (Å²) < 4.78 is 21.2. The van der Waals surface area contributed by atoms with Crippen LogP contribution >= 0.6 is 0 Å². The minimum atomic E-state index is 0.0686. The Hall–Kier alpha value is -7.19. The second-order valence-electron chi connectivity index (χ2n) is 21.7. The van der Waals surface area contributed by atoms with Gasteiger partial charge in [-0.1, -0.05) is 120 Å². The second-order valence-corrected chi connectivity index (χ2v) is 21.7. The monoisotopic (exact) mass is 1120 g/mol. The molecule has 12 nitrogen and oxygen atoms in total. The zero-order valence-electron chi connectivity index (χ0n) is 49.8. The van der Waals surface area contributed by atoms with E-state index in [1.807, 2.05) is 60.7 Å². The lowest BCUT2D eigenvalue weighted by atomic mass is 10.0. The molecule has 0 spiro atoms. The van der Waals surface area contributed by atoms with Gasteiger partial charge in [0, 0.05) is 137 Å². The second kappa shape index (κ2) is 35.1. The largest absolute Gasteiger partial charge is 0.378 e. The molecule has 6 aliphatic rings. The number of hydrogen-bond acceptors (Lipinski definition) is 12. The zero-order chi connectivity index (χ0) is 57.5.